The standard InChI is InChI=1S/C12H21N3O2/c1-5-14-9-13-6-11(14)7-15(10(2)3)8-12(16)17-4/h6,9-10H,5,7-8H2,1-4H3. The lowest BCUT2D eigenvalue weighted by molar-refractivity contribution is -0.142. The number of methoxy groups -OCH3 is 1. The predicted octanol–water partition coefficient (Wildman–Crippen LogP) is 1.29. The highest BCUT2D eigenvalue weighted by Gasteiger charge is 2.16. The third kappa shape index (κ3) is 3.85. The van der Waals surface area contributed by atoms with Crippen molar-refractivity contribution >= 4 is 5.97 Å². The fourth-order valence-corrected chi connectivity index (χ4v) is 1.62. The van der Waals surface area contributed by atoms with E-state index < -0.39 is 0 Å². The van der Waals surface area contributed by atoms with Gasteiger partial charge in [0.2, 0.25) is 0 Å². The maximum Gasteiger partial charge on any atom is 0.319 e. The number of nitrogens with zero attached hydrogens (tertiary/aromatic N) is 3. The maximum atomic E-state index is 11.3. The van der Waals surface area contributed by atoms with E-state index in [-0.39, 0.29) is 12.0 Å². The SMILES string of the molecule is CCn1cncc1CN(CC(=O)OC)C(C)C. The van der Waals surface area contributed by atoms with Gasteiger partial charge in [-0.25, -0.2) is 4.98 Å². The number of esters is 1. The Labute approximate surface area is 102 Å². The van der Waals surface area contributed by atoms with Crippen LogP contribution in [-0.2, 0) is 22.6 Å². The van der Waals surface area contributed by atoms with Crippen LogP contribution in [0.1, 0.15) is 26.5 Å². The number of aromatic nitrogens is 2. The van der Waals surface area contributed by atoms with Crippen LogP contribution in [0, 0.1) is 0 Å². The Morgan fingerprint density at radius 3 is 2.82 bits per heavy atom. The summed E-state index contributed by atoms with van der Waals surface area (Å²) in [5.74, 6) is -0.207. The Morgan fingerprint density at radius 1 is 1.59 bits per heavy atom. The normalized spacial score (nSPS) is 11.2. The van der Waals surface area contributed by atoms with Gasteiger partial charge in [-0.1, -0.05) is 0 Å². The van der Waals surface area contributed by atoms with Crippen molar-refractivity contribution in [1.29, 1.82) is 0 Å². The summed E-state index contributed by atoms with van der Waals surface area (Å²) in [4.78, 5) is 17.5. The van der Waals surface area contributed by atoms with Crippen molar-refractivity contribution < 1.29 is 9.53 Å². The van der Waals surface area contributed by atoms with Gasteiger partial charge in [0.25, 0.3) is 0 Å². The third-order valence-electron chi connectivity index (χ3n) is 2.79. The average Bonchev–Trinajstić information content (AvgIpc) is 2.75. The van der Waals surface area contributed by atoms with Gasteiger partial charge >= 0.3 is 5.97 Å². The predicted molar refractivity (Wildman–Crippen MR) is 65.5 cm³/mol. The van der Waals surface area contributed by atoms with Crippen molar-refractivity contribution in [2.45, 2.75) is 39.9 Å². The average molecular weight is 239 g/mol. The molecule has 0 saturated heterocycles. The van der Waals surface area contributed by atoms with Crippen LogP contribution in [0.25, 0.3) is 0 Å². The molecule has 5 nitrogen and oxygen atoms in total. The number of imidazole rings is 1. The Balaban J connectivity index is 2.70. The highest BCUT2D eigenvalue weighted by atomic mass is 16.5. The van der Waals surface area contributed by atoms with Crippen molar-refractivity contribution in [1.82, 2.24) is 14.5 Å². The van der Waals surface area contributed by atoms with E-state index in [0.717, 1.165) is 12.2 Å². The number of carbonyl (C=O) groups excluding carboxylic acids is 1. The van der Waals surface area contributed by atoms with Crippen LogP contribution in [0.2, 0.25) is 0 Å². The summed E-state index contributed by atoms with van der Waals surface area (Å²) >= 11 is 0. The molecule has 0 aliphatic heterocycles. The monoisotopic (exact) mass is 239 g/mol. The molecule has 17 heavy (non-hydrogen) atoms. The minimum absolute atomic E-state index is 0.207. The van der Waals surface area contributed by atoms with Crippen molar-refractivity contribution in [3.63, 3.8) is 0 Å². The quantitative estimate of drug-likeness (QED) is 0.702. The molecule has 0 unspecified atom stereocenters. The lowest BCUT2D eigenvalue weighted by Crippen LogP contribution is -2.36. The van der Waals surface area contributed by atoms with E-state index in [2.05, 4.69) is 35.2 Å². The zero-order chi connectivity index (χ0) is 12.8. The Kier molecular flexibility index (Phi) is 5.15. The van der Waals surface area contributed by atoms with E-state index >= 15 is 0 Å². The summed E-state index contributed by atoms with van der Waals surface area (Å²) in [7, 11) is 1.41. The van der Waals surface area contributed by atoms with Gasteiger partial charge < -0.3 is 9.30 Å². The van der Waals surface area contributed by atoms with Crippen molar-refractivity contribution in [3.05, 3.63) is 18.2 Å². The summed E-state index contributed by atoms with van der Waals surface area (Å²) in [5.41, 5.74) is 1.12. The number of aryl methyl sites for hydroxylation is 1. The van der Waals surface area contributed by atoms with Gasteiger partial charge in [-0.3, -0.25) is 9.69 Å². The molecule has 0 radical (unpaired) electrons. The first-order chi connectivity index (χ1) is 8.08. The highest BCUT2D eigenvalue weighted by molar-refractivity contribution is 5.71. The fourth-order valence-electron chi connectivity index (χ4n) is 1.62. The second-order valence-electron chi connectivity index (χ2n) is 4.25. The molecule has 0 fully saturated rings. The largest absolute Gasteiger partial charge is 0.468 e. The topological polar surface area (TPSA) is 47.4 Å². The van der Waals surface area contributed by atoms with Crippen LogP contribution in [0.5, 0.6) is 0 Å². The Bertz CT molecular complexity index is 360. The van der Waals surface area contributed by atoms with Gasteiger partial charge in [0.15, 0.2) is 0 Å². The minimum atomic E-state index is -0.207. The number of hydrogen-bond donors (Lipinski definition) is 0. The first kappa shape index (κ1) is 13.7. The zero-order valence-corrected chi connectivity index (χ0v) is 11.0. The van der Waals surface area contributed by atoms with Crippen LogP contribution in [-0.4, -0.2) is 40.1 Å². The van der Waals surface area contributed by atoms with E-state index in [1.807, 2.05) is 12.5 Å². The summed E-state index contributed by atoms with van der Waals surface area (Å²) in [6, 6.07) is 0.286. The van der Waals surface area contributed by atoms with Gasteiger partial charge in [0.05, 0.1) is 25.7 Å². The first-order valence-electron chi connectivity index (χ1n) is 5.88. The van der Waals surface area contributed by atoms with E-state index in [1.165, 1.54) is 7.11 Å². The van der Waals surface area contributed by atoms with E-state index in [4.69, 9.17) is 4.74 Å². The molecule has 0 saturated carbocycles. The number of ether oxygens (including phenoxy) is 1. The van der Waals surface area contributed by atoms with Crippen LogP contribution in [0.4, 0.5) is 0 Å². The van der Waals surface area contributed by atoms with Crippen LogP contribution < -0.4 is 0 Å². The molecule has 1 heterocycles. The molecule has 1 aromatic rings. The molecule has 0 aromatic carbocycles. The summed E-state index contributed by atoms with van der Waals surface area (Å²) in [5, 5.41) is 0. The van der Waals surface area contributed by atoms with Gasteiger partial charge in [-0.2, -0.15) is 0 Å². The van der Waals surface area contributed by atoms with Crippen molar-refractivity contribution in [3.8, 4) is 0 Å². The second-order valence-corrected chi connectivity index (χ2v) is 4.25. The lowest BCUT2D eigenvalue weighted by atomic mass is 10.3. The first-order valence-corrected chi connectivity index (χ1v) is 5.88. The number of rotatable bonds is 6. The Morgan fingerprint density at radius 2 is 2.29 bits per heavy atom. The summed E-state index contributed by atoms with van der Waals surface area (Å²) in [6.07, 6.45) is 3.65. The van der Waals surface area contributed by atoms with Gasteiger partial charge in [-0.15, -0.1) is 0 Å². The molecule has 1 aromatic heterocycles. The molecule has 0 bridgehead atoms. The molecule has 0 atom stereocenters. The van der Waals surface area contributed by atoms with Crippen molar-refractivity contribution in [2.24, 2.45) is 0 Å². The Hall–Kier alpha value is -1.36. The molecule has 0 spiro atoms. The zero-order valence-electron chi connectivity index (χ0n) is 11.0. The van der Waals surface area contributed by atoms with Gasteiger partial charge in [0, 0.05) is 25.3 Å². The van der Waals surface area contributed by atoms with E-state index in [9.17, 15) is 4.79 Å². The minimum Gasteiger partial charge on any atom is -0.468 e. The number of hydrogen-bond acceptors (Lipinski definition) is 4. The fraction of sp³-hybridized carbons (Fsp3) is 0.667. The van der Waals surface area contributed by atoms with Crippen LogP contribution in [0.3, 0.4) is 0 Å². The molecule has 1 rings (SSSR count). The van der Waals surface area contributed by atoms with Crippen molar-refractivity contribution in [2.75, 3.05) is 13.7 Å². The maximum absolute atomic E-state index is 11.3. The van der Waals surface area contributed by atoms with E-state index in [1.54, 1.807) is 0 Å². The third-order valence-corrected chi connectivity index (χ3v) is 2.79. The molecule has 0 aliphatic rings. The molecular weight excluding hydrogens is 218 g/mol. The molecular formula is C12H21N3O2. The molecule has 0 aliphatic carbocycles. The van der Waals surface area contributed by atoms with E-state index in [0.29, 0.717) is 13.1 Å². The van der Waals surface area contributed by atoms with Crippen LogP contribution >= 0.6 is 0 Å². The smallest absolute Gasteiger partial charge is 0.319 e. The highest BCUT2D eigenvalue weighted by Crippen LogP contribution is 2.08. The summed E-state index contributed by atoms with van der Waals surface area (Å²) in [6.45, 7) is 8.11. The summed E-state index contributed by atoms with van der Waals surface area (Å²) < 4.78 is 6.78. The molecule has 5 heteroatoms. The molecule has 0 amide bonds. The molecule has 96 valence electrons. The number of carbonyl (C=O) groups is 1. The second kappa shape index (κ2) is 6.39. The molecule has 0 N–H and O–H groups in total. The van der Waals surface area contributed by atoms with Gasteiger partial charge in [-0.05, 0) is 20.8 Å². The lowest BCUT2D eigenvalue weighted by Gasteiger charge is -2.25. The van der Waals surface area contributed by atoms with Crippen LogP contribution in [0.15, 0.2) is 12.5 Å². The van der Waals surface area contributed by atoms with Gasteiger partial charge in [0.1, 0.15) is 0 Å².